The Balaban J connectivity index is 2.31. The fourth-order valence-corrected chi connectivity index (χ4v) is 1.37. The third-order valence-electron chi connectivity index (χ3n) is 1.22. The monoisotopic (exact) mass is 187 g/mol. The molecule has 66 valence electrons. The van der Waals surface area contributed by atoms with Gasteiger partial charge in [0.25, 0.3) is 0 Å². The molecule has 0 spiro atoms. The van der Waals surface area contributed by atoms with Gasteiger partial charge < -0.3 is 15.3 Å². The van der Waals surface area contributed by atoms with Crippen LogP contribution in [0.3, 0.4) is 0 Å². The van der Waals surface area contributed by atoms with E-state index in [0.717, 1.165) is 0 Å². The lowest BCUT2D eigenvalue weighted by atomic mass is 10.4. The van der Waals surface area contributed by atoms with Gasteiger partial charge in [0.15, 0.2) is 5.09 Å². The number of nitrogens with two attached hydrogens (primary N) is 1. The normalized spacial score (nSPS) is 12.8. The molecule has 1 aromatic heterocycles. The topological polar surface area (TPSA) is 76.5 Å². The summed E-state index contributed by atoms with van der Waals surface area (Å²) in [6, 6.07) is 2.67. The molecule has 0 aliphatic carbocycles. The van der Waals surface area contributed by atoms with Crippen molar-refractivity contribution in [2.24, 2.45) is 5.73 Å². The minimum absolute atomic E-state index is 0.322. The largest absolute Gasteiger partial charge is 0.480 e. The van der Waals surface area contributed by atoms with Crippen molar-refractivity contribution in [2.45, 2.75) is 11.1 Å². The number of rotatable bonds is 4. The predicted octanol–water partition coefficient (Wildman–Crippen LogP) is 0.784. The van der Waals surface area contributed by atoms with Crippen molar-refractivity contribution >= 4 is 17.7 Å². The fourth-order valence-electron chi connectivity index (χ4n) is 0.589. The van der Waals surface area contributed by atoms with Gasteiger partial charge in [-0.15, -0.1) is 0 Å². The van der Waals surface area contributed by atoms with Gasteiger partial charge in [0, 0.05) is 5.75 Å². The Morgan fingerprint density at radius 1 is 1.83 bits per heavy atom. The zero-order valence-electron chi connectivity index (χ0n) is 6.27. The van der Waals surface area contributed by atoms with E-state index >= 15 is 0 Å². The van der Waals surface area contributed by atoms with Crippen molar-refractivity contribution in [3.05, 3.63) is 18.4 Å². The van der Waals surface area contributed by atoms with Crippen molar-refractivity contribution in [3.8, 4) is 0 Å². The highest BCUT2D eigenvalue weighted by atomic mass is 32.2. The number of hydrogen-bond acceptors (Lipinski definition) is 4. The number of carboxylic acids is 1. The third-order valence-corrected chi connectivity index (χ3v) is 2.26. The first-order valence-corrected chi connectivity index (χ1v) is 4.33. The molecule has 1 unspecified atom stereocenters. The maximum absolute atomic E-state index is 10.3. The maximum Gasteiger partial charge on any atom is 0.321 e. The summed E-state index contributed by atoms with van der Waals surface area (Å²) in [6.45, 7) is 0. The SMILES string of the molecule is NC(CSc1ccco1)C(=O)O. The lowest BCUT2D eigenvalue weighted by Gasteiger charge is -2.02. The van der Waals surface area contributed by atoms with E-state index in [0.29, 0.717) is 10.8 Å². The Hall–Kier alpha value is -0.940. The molecule has 12 heavy (non-hydrogen) atoms. The van der Waals surface area contributed by atoms with Crippen molar-refractivity contribution in [3.63, 3.8) is 0 Å². The number of hydrogen-bond donors (Lipinski definition) is 2. The van der Waals surface area contributed by atoms with Crippen LogP contribution in [0.5, 0.6) is 0 Å². The lowest BCUT2D eigenvalue weighted by Crippen LogP contribution is -2.32. The molecule has 1 atom stereocenters. The van der Waals surface area contributed by atoms with Crippen molar-refractivity contribution < 1.29 is 14.3 Å². The molecule has 0 radical (unpaired) electrons. The van der Waals surface area contributed by atoms with Gasteiger partial charge in [-0.25, -0.2) is 0 Å². The molecular formula is C7H9NO3S. The van der Waals surface area contributed by atoms with Crippen LogP contribution >= 0.6 is 11.8 Å². The van der Waals surface area contributed by atoms with Gasteiger partial charge in [0.2, 0.25) is 0 Å². The first-order chi connectivity index (χ1) is 5.70. The van der Waals surface area contributed by atoms with Crippen LogP contribution in [0.4, 0.5) is 0 Å². The van der Waals surface area contributed by atoms with Crippen LogP contribution in [0, 0.1) is 0 Å². The van der Waals surface area contributed by atoms with Gasteiger partial charge in [-0.3, -0.25) is 4.79 Å². The second kappa shape index (κ2) is 4.18. The van der Waals surface area contributed by atoms with Crippen LogP contribution in [0.2, 0.25) is 0 Å². The Bertz CT molecular complexity index is 247. The summed E-state index contributed by atoms with van der Waals surface area (Å²) >= 11 is 1.29. The summed E-state index contributed by atoms with van der Waals surface area (Å²) in [7, 11) is 0. The number of thioether (sulfide) groups is 1. The molecule has 0 bridgehead atoms. The highest BCUT2D eigenvalue weighted by Crippen LogP contribution is 2.18. The average molecular weight is 187 g/mol. The Labute approximate surface area is 73.7 Å². The summed E-state index contributed by atoms with van der Waals surface area (Å²) in [5.41, 5.74) is 5.27. The zero-order valence-corrected chi connectivity index (χ0v) is 7.08. The van der Waals surface area contributed by atoms with Gasteiger partial charge in [-0.2, -0.15) is 0 Å². The van der Waals surface area contributed by atoms with E-state index in [2.05, 4.69) is 0 Å². The summed E-state index contributed by atoms with van der Waals surface area (Å²) in [5.74, 6) is -0.669. The molecule has 3 N–H and O–H groups in total. The molecule has 4 nitrogen and oxygen atoms in total. The number of furan rings is 1. The summed E-state index contributed by atoms with van der Waals surface area (Å²) < 4.78 is 4.98. The first-order valence-electron chi connectivity index (χ1n) is 3.35. The molecule has 0 saturated carbocycles. The van der Waals surface area contributed by atoms with Crippen LogP contribution in [-0.2, 0) is 4.79 Å². The van der Waals surface area contributed by atoms with Crippen molar-refractivity contribution in [2.75, 3.05) is 5.75 Å². The van der Waals surface area contributed by atoms with E-state index in [4.69, 9.17) is 15.3 Å². The van der Waals surface area contributed by atoms with Gasteiger partial charge in [-0.05, 0) is 12.1 Å². The molecule has 1 heterocycles. The molecule has 1 rings (SSSR count). The highest BCUT2D eigenvalue weighted by Gasteiger charge is 2.11. The van der Waals surface area contributed by atoms with Crippen LogP contribution in [0.25, 0.3) is 0 Å². The van der Waals surface area contributed by atoms with E-state index in [-0.39, 0.29) is 0 Å². The molecule has 0 amide bonds. The molecule has 0 aromatic carbocycles. The van der Waals surface area contributed by atoms with Gasteiger partial charge in [0.1, 0.15) is 6.04 Å². The van der Waals surface area contributed by atoms with E-state index in [1.807, 2.05) is 0 Å². The Kier molecular flexibility index (Phi) is 3.19. The second-order valence-electron chi connectivity index (χ2n) is 2.19. The quantitative estimate of drug-likeness (QED) is 0.681. The van der Waals surface area contributed by atoms with E-state index in [1.165, 1.54) is 18.0 Å². The van der Waals surface area contributed by atoms with Gasteiger partial charge in [-0.1, -0.05) is 11.8 Å². The Morgan fingerprint density at radius 2 is 2.58 bits per heavy atom. The molecule has 0 saturated heterocycles. The molecule has 0 fully saturated rings. The first kappa shape index (κ1) is 9.15. The van der Waals surface area contributed by atoms with Crippen LogP contribution in [0.15, 0.2) is 27.9 Å². The number of carboxylic acid groups (broad SMARTS) is 1. The van der Waals surface area contributed by atoms with E-state index in [1.54, 1.807) is 12.1 Å². The molecule has 1 aromatic rings. The van der Waals surface area contributed by atoms with Gasteiger partial charge in [0.05, 0.1) is 6.26 Å². The minimum Gasteiger partial charge on any atom is -0.480 e. The average Bonchev–Trinajstić information content (AvgIpc) is 2.51. The molecule has 0 aliphatic rings. The summed E-state index contributed by atoms with van der Waals surface area (Å²) in [5, 5.41) is 9.13. The fraction of sp³-hybridized carbons (Fsp3) is 0.286. The second-order valence-corrected chi connectivity index (χ2v) is 3.21. The number of carbonyl (C=O) groups is 1. The minimum atomic E-state index is -0.992. The number of aliphatic carboxylic acids is 1. The Morgan fingerprint density at radius 3 is 3.08 bits per heavy atom. The molecular weight excluding hydrogens is 178 g/mol. The van der Waals surface area contributed by atoms with Crippen LogP contribution in [-0.4, -0.2) is 22.9 Å². The maximum atomic E-state index is 10.3. The van der Waals surface area contributed by atoms with Gasteiger partial charge >= 0.3 is 5.97 Å². The molecule has 5 heteroatoms. The highest BCUT2D eigenvalue weighted by molar-refractivity contribution is 7.99. The van der Waals surface area contributed by atoms with E-state index < -0.39 is 12.0 Å². The van der Waals surface area contributed by atoms with Crippen molar-refractivity contribution in [1.82, 2.24) is 0 Å². The van der Waals surface area contributed by atoms with Crippen LogP contribution < -0.4 is 5.73 Å². The smallest absolute Gasteiger partial charge is 0.321 e. The zero-order chi connectivity index (χ0) is 8.97. The standard InChI is InChI=1S/C7H9NO3S/c8-5(7(9)10)4-12-6-2-1-3-11-6/h1-3,5H,4,8H2,(H,9,10). The van der Waals surface area contributed by atoms with Crippen molar-refractivity contribution in [1.29, 1.82) is 0 Å². The third kappa shape index (κ3) is 2.60. The van der Waals surface area contributed by atoms with E-state index in [9.17, 15) is 4.79 Å². The lowest BCUT2D eigenvalue weighted by molar-refractivity contribution is -0.137. The summed E-state index contributed by atoms with van der Waals surface area (Å²) in [4.78, 5) is 10.3. The summed E-state index contributed by atoms with van der Waals surface area (Å²) in [6.07, 6.45) is 1.54. The van der Waals surface area contributed by atoms with Crippen LogP contribution in [0.1, 0.15) is 0 Å². The predicted molar refractivity (Wildman–Crippen MR) is 45.0 cm³/mol. The molecule has 0 aliphatic heterocycles.